The number of amides is 1. The molecule has 1 saturated carbocycles. The van der Waals surface area contributed by atoms with Crippen LogP contribution in [0.25, 0.3) is 0 Å². The van der Waals surface area contributed by atoms with Crippen molar-refractivity contribution in [1.82, 2.24) is 10.6 Å². The van der Waals surface area contributed by atoms with Crippen molar-refractivity contribution in [2.45, 2.75) is 44.7 Å². The third-order valence-electron chi connectivity index (χ3n) is 3.66. The second kappa shape index (κ2) is 6.92. The van der Waals surface area contributed by atoms with Crippen molar-refractivity contribution < 1.29 is 4.79 Å². The minimum absolute atomic E-state index is 0.0722. The molecule has 0 saturated heterocycles. The van der Waals surface area contributed by atoms with Crippen molar-refractivity contribution in [3.05, 3.63) is 34.9 Å². The van der Waals surface area contributed by atoms with Gasteiger partial charge in [-0.3, -0.25) is 4.79 Å². The number of carbonyl (C=O) groups is 1. The molecule has 0 spiro atoms. The van der Waals surface area contributed by atoms with Gasteiger partial charge in [-0.05, 0) is 31.4 Å². The third-order valence-corrected chi connectivity index (χ3v) is 4.01. The molecule has 1 fully saturated rings. The fourth-order valence-corrected chi connectivity index (χ4v) is 2.83. The molecule has 1 aromatic rings. The van der Waals surface area contributed by atoms with E-state index in [4.69, 9.17) is 11.6 Å². The van der Waals surface area contributed by atoms with Crippen LogP contribution in [0.4, 0.5) is 0 Å². The van der Waals surface area contributed by atoms with Crippen LogP contribution < -0.4 is 10.6 Å². The minimum atomic E-state index is 0.0722. The lowest BCUT2D eigenvalue weighted by Crippen LogP contribution is -2.39. The summed E-state index contributed by atoms with van der Waals surface area (Å²) < 4.78 is 0. The molecule has 2 N–H and O–H groups in total. The highest BCUT2D eigenvalue weighted by atomic mass is 35.5. The van der Waals surface area contributed by atoms with E-state index >= 15 is 0 Å². The van der Waals surface area contributed by atoms with E-state index in [1.54, 1.807) is 0 Å². The minimum Gasteiger partial charge on any atom is -0.352 e. The number of carbonyl (C=O) groups excluding carboxylic acids is 1. The van der Waals surface area contributed by atoms with Gasteiger partial charge in [0.2, 0.25) is 5.91 Å². The number of halogens is 1. The molecule has 1 atom stereocenters. The average molecular weight is 281 g/mol. The Kier molecular flexibility index (Phi) is 5.23. The first-order valence-electron chi connectivity index (χ1n) is 6.94. The van der Waals surface area contributed by atoms with Crippen molar-refractivity contribution in [3.8, 4) is 0 Å². The van der Waals surface area contributed by atoms with E-state index < -0.39 is 0 Å². The predicted octanol–water partition coefficient (Wildman–Crippen LogP) is 3.05. The number of hydrogen-bond acceptors (Lipinski definition) is 2. The van der Waals surface area contributed by atoms with Crippen LogP contribution in [-0.2, 0) is 4.79 Å². The summed E-state index contributed by atoms with van der Waals surface area (Å²) in [4.78, 5) is 11.8. The van der Waals surface area contributed by atoms with Gasteiger partial charge < -0.3 is 10.6 Å². The molecule has 0 aromatic heterocycles. The van der Waals surface area contributed by atoms with Crippen LogP contribution in [0.15, 0.2) is 24.3 Å². The van der Waals surface area contributed by atoms with E-state index in [1.807, 2.05) is 31.2 Å². The van der Waals surface area contributed by atoms with Gasteiger partial charge in [0, 0.05) is 17.1 Å². The van der Waals surface area contributed by atoms with E-state index in [9.17, 15) is 4.79 Å². The Bertz CT molecular complexity index is 430. The first kappa shape index (κ1) is 14.4. The van der Waals surface area contributed by atoms with Gasteiger partial charge >= 0.3 is 0 Å². The van der Waals surface area contributed by atoms with Gasteiger partial charge in [0.1, 0.15) is 0 Å². The molecule has 1 unspecified atom stereocenters. The first-order valence-corrected chi connectivity index (χ1v) is 7.32. The fourth-order valence-electron chi connectivity index (χ4n) is 2.53. The van der Waals surface area contributed by atoms with Gasteiger partial charge in [0.15, 0.2) is 0 Å². The van der Waals surface area contributed by atoms with Crippen molar-refractivity contribution in [2.75, 3.05) is 6.54 Å². The standard InChI is InChI=1S/C15H21ClN2O/c1-11(13-8-4-5-9-14(13)16)17-10-15(19)18-12-6-2-3-7-12/h4-5,8-9,11-12,17H,2-3,6-7,10H2,1H3,(H,18,19). The second-order valence-electron chi connectivity index (χ2n) is 5.17. The predicted molar refractivity (Wildman–Crippen MR) is 78.3 cm³/mol. The quantitative estimate of drug-likeness (QED) is 0.870. The van der Waals surface area contributed by atoms with E-state index in [-0.39, 0.29) is 11.9 Å². The molecule has 0 bridgehead atoms. The first-order chi connectivity index (χ1) is 9.16. The zero-order valence-corrected chi connectivity index (χ0v) is 12.0. The fraction of sp³-hybridized carbons (Fsp3) is 0.533. The molecule has 1 aliphatic rings. The highest BCUT2D eigenvalue weighted by Gasteiger charge is 2.17. The van der Waals surface area contributed by atoms with Crippen LogP contribution in [0.3, 0.4) is 0 Å². The number of rotatable bonds is 5. The van der Waals surface area contributed by atoms with Crippen molar-refractivity contribution >= 4 is 17.5 Å². The molecule has 4 heteroatoms. The Morgan fingerprint density at radius 2 is 2.05 bits per heavy atom. The smallest absolute Gasteiger partial charge is 0.234 e. The second-order valence-corrected chi connectivity index (χ2v) is 5.58. The molecule has 1 aromatic carbocycles. The highest BCUT2D eigenvalue weighted by Crippen LogP contribution is 2.22. The summed E-state index contributed by atoms with van der Waals surface area (Å²) in [5, 5.41) is 7.02. The third kappa shape index (κ3) is 4.22. The van der Waals surface area contributed by atoms with Gasteiger partial charge in [-0.1, -0.05) is 42.6 Å². The van der Waals surface area contributed by atoms with Crippen LogP contribution in [0.5, 0.6) is 0 Å². The maximum atomic E-state index is 11.8. The zero-order valence-electron chi connectivity index (χ0n) is 11.3. The topological polar surface area (TPSA) is 41.1 Å². The Labute approximate surface area is 119 Å². The van der Waals surface area contributed by atoms with E-state index in [0.29, 0.717) is 12.6 Å². The molecule has 104 valence electrons. The van der Waals surface area contributed by atoms with E-state index in [2.05, 4.69) is 10.6 Å². The van der Waals surface area contributed by atoms with Gasteiger partial charge in [-0.2, -0.15) is 0 Å². The maximum absolute atomic E-state index is 11.8. The Balaban J connectivity index is 1.78. The monoisotopic (exact) mass is 280 g/mol. The van der Waals surface area contributed by atoms with Crippen molar-refractivity contribution in [3.63, 3.8) is 0 Å². The summed E-state index contributed by atoms with van der Waals surface area (Å²) >= 11 is 6.13. The lowest BCUT2D eigenvalue weighted by atomic mass is 10.1. The lowest BCUT2D eigenvalue weighted by molar-refractivity contribution is -0.121. The largest absolute Gasteiger partial charge is 0.352 e. The normalized spacial score (nSPS) is 17.4. The number of nitrogens with one attached hydrogen (secondary N) is 2. The molecule has 0 aliphatic heterocycles. The van der Waals surface area contributed by atoms with Crippen LogP contribution in [0.2, 0.25) is 5.02 Å². The van der Waals surface area contributed by atoms with Gasteiger partial charge in [-0.15, -0.1) is 0 Å². The SMILES string of the molecule is CC(NCC(=O)NC1CCCC1)c1ccccc1Cl. The highest BCUT2D eigenvalue weighted by molar-refractivity contribution is 6.31. The van der Waals surface area contributed by atoms with Crippen LogP contribution in [-0.4, -0.2) is 18.5 Å². The molecular weight excluding hydrogens is 260 g/mol. The van der Waals surface area contributed by atoms with Crippen molar-refractivity contribution in [2.24, 2.45) is 0 Å². The molecule has 2 rings (SSSR count). The number of benzene rings is 1. The van der Waals surface area contributed by atoms with Crippen LogP contribution >= 0.6 is 11.6 Å². The molecule has 0 heterocycles. The summed E-state index contributed by atoms with van der Waals surface area (Å²) in [5.41, 5.74) is 1.03. The van der Waals surface area contributed by atoms with E-state index in [1.165, 1.54) is 12.8 Å². The molecule has 1 aliphatic carbocycles. The summed E-state index contributed by atoms with van der Waals surface area (Å²) in [6, 6.07) is 8.17. The summed E-state index contributed by atoms with van der Waals surface area (Å²) in [6.45, 7) is 2.35. The van der Waals surface area contributed by atoms with Crippen molar-refractivity contribution in [1.29, 1.82) is 0 Å². The Hall–Kier alpha value is -1.06. The Morgan fingerprint density at radius 1 is 1.37 bits per heavy atom. The van der Waals surface area contributed by atoms with Crippen LogP contribution in [0.1, 0.15) is 44.2 Å². The summed E-state index contributed by atoms with van der Waals surface area (Å²) in [6.07, 6.45) is 4.69. The van der Waals surface area contributed by atoms with Gasteiger partial charge in [0.25, 0.3) is 0 Å². The van der Waals surface area contributed by atoms with Gasteiger partial charge in [-0.25, -0.2) is 0 Å². The molecule has 1 amide bonds. The van der Waals surface area contributed by atoms with E-state index in [0.717, 1.165) is 23.4 Å². The summed E-state index contributed by atoms with van der Waals surface area (Å²) in [5.74, 6) is 0.0748. The zero-order chi connectivity index (χ0) is 13.7. The number of hydrogen-bond donors (Lipinski definition) is 2. The summed E-state index contributed by atoms with van der Waals surface area (Å²) in [7, 11) is 0. The Morgan fingerprint density at radius 3 is 2.74 bits per heavy atom. The average Bonchev–Trinajstić information content (AvgIpc) is 2.89. The molecule has 19 heavy (non-hydrogen) atoms. The lowest BCUT2D eigenvalue weighted by Gasteiger charge is -2.17. The van der Waals surface area contributed by atoms with Gasteiger partial charge in [0.05, 0.1) is 6.54 Å². The van der Waals surface area contributed by atoms with Crippen LogP contribution in [0, 0.1) is 0 Å². The molecular formula is C15H21ClN2O. The molecule has 3 nitrogen and oxygen atoms in total. The maximum Gasteiger partial charge on any atom is 0.234 e. The molecule has 0 radical (unpaired) electrons.